The first kappa shape index (κ1) is 14.0. The summed E-state index contributed by atoms with van der Waals surface area (Å²) in [5.74, 6) is 0.702. The van der Waals surface area contributed by atoms with Gasteiger partial charge in [0, 0.05) is 6.54 Å². The van der Waals surface area contributed by atoms with Gasteiger partial charge in [-0.1, -0.05) is 24.6 Å². The maximum Gasteiger partial charge on any atom is 0.243 e. The van der Waals surface area contributed by atoms with Crippen molar-refractivity contribution in [1.29, 1.82) is 0 Å². The third-order valence-corrected chi connectivity index (χ3v) is 3.65. The molecule has 0 bridgehead atoms. The van der Waals surface area contributed by atoms with Gasteiger partial charge in [-0.3, -0.25) is 4.79 Å². The molecule has 1 N–H and O–H groups in total. The van der Waals surface area contributed by atoms with Crippen molar-refractivity contribution in [2.75, 3.05) is 6.54 Å². The molecule has 0 spiro atoms. The van der Waals surface area contributed by atoms with E-state index in [1.807, 2.05) is 6.92 Å². The number of hydrogen-bond donors (Lipinski definition) is 1. The maximum absolute atomic E-state index is 11.3. The normalized spacial score (nSPS) is 26.9. The van der Waals surface area contributed by atoms with Gasteiger partial charge >= 0.3 is 0 Å². The lowest BCUT2D eigenvalue weighted by molar-refractivity contribution is -0.116. The Bertz CT molecular complexity index is 326. The summed E-state index contributed by atoms with van der Waals surface area (Å²) in [5.41, 5.74) is 1.85. The average molecular weight is 235 g/mol. The summed E-state index contributed by atoms with van der Waals surface area (Å²) >= 11 is 0. The number of hydrogen-bond acceptors (Lipinski definition) is 1. The van der Waals surface area contributed by atoms with Crippen LogP contribution in [0.4, 0.5) is 0 Å². The SMILES string of the molecule is CC=CC(=O)NCC1CC1(C)CCC=C(C)C. The van der Waals surface area contributed by atoms with Gasteiger partial charge in [0.1, 0.15) is 0 Å². The van der Waals surface area contributed by atoms with Crippen molar-refractivity contribution < 1.29 is 4.79 Å². The second-order valence-corrected chi connectivity index (χ2v) is 5.62. The molecule has 0 aromatic heterocycles. The van der Waals surface area contributed by atoms with Crippen LogP contribution in [-0.2, 0) is 4.79 Å². The third-order valence-electron chi connectivity index (χ3n) is 3.65. The number of carbonyl (C=O) groups is 1. The van der Waals surface area contributed by atoms with Crippen molar-refractivity contribution in [1.82, 2.24) is 5.32 Å². The molecule has 1 aliphatic carbocycles. The summed E-state index contributed by atoms with van der Waals surface area (Å²) in [5, 5.41) is 2.96. The molecule has 1 saturated carbocycles. The van der Waals surface area contributed by atoms with Crippen LogP contribution in [0.5, 0.6) is 0 Å². The van der Waals surface area contributed by atoms with Crippen LogP contribution in [0.3, 0.4) is 0 Å². The number of allylic oxidation sites excluding steroid dienone is 3. The Labute approximate surface area is 105 Å². The molecule has 0 aromatic carbocycles. The van der Waals surface area contributed by atoms with Gasteiger partial charge in [-0.05, 0) is 57.4 Å². The first-order valence-corrected chi connectivity index (χ1v) is 6.52. The van der Waals surface area contributed by atoms with Crippen LogP contribution in [0.15, 0.2) is 23.8 Å². The Morgan fingerprint density at radius 3 is 2.76 bits per heavy atom. The fourth-order valence-corrected chi connectivity index (χ4v) is 2.25. The minimum absolute atomic E-state index is 0.0334. The van der Waals surface area contributed by atoms with Crippen molar-refractivity contribution in [3.63, 3.8) is 0 Å². The van der Waals surface area contributed by atoms with Crippen molar-refractivity contribution in [2.45, 2.75) is 47.0 Å². The van der Waals surface area contributed by atoms with Crippen molar-refractivity contribution in [3.05, 3.63) is 23.8 Å². The molecule has 0 aliphatic heterocycles. The quantitative estimate of drug-likeness (QED) is 0.554. The molecule has 0 heterocycles. The zero-order chi connectivity index (χ0) is 12.9. The monoisotopic (exact) mass is 235 g/mol. The Morgan fingerprint density at radius 1 is 1.47 bits per heavy atom. The smallest absolute Gasteiger partial charge is 0.243 e. The van der Waals surface area contributed by atoms with Gasteiger partial charge in [-0.15, -0.1) is 0 Å². The first-order chi connectivity index (χ1) is 7.98. The Morgan fingerprint density at radius 2 is 2.18 bits per heavy atom. The minimum Gasteiger partial charge on any atom is -0.352 e. The van der Waals surface area contributed by atoms with Gasteiger partial charge < -0.3 is 5.32 Å². The molecule has 0 aromatic rings. The fourth-order valence-electron chi connectivity index (χ4n) is 2.25. The van der Waals surface area contributed by atoms with Crippen LogP contribution in [0, 0.1) is 11.3 Å². The van der Waals surface area contributed by atoms with E-state index in [4.69, 9.17) is 0 Å². The summed E-state index contributed by atoms with van der Waals surface area (Å²) in [6.45, 7) is 9.31. The van der Waals surface area contributed by atoms with E-state index in [0.29, 0.717) is 11.3 Å². The van der Waals surface area contributed by atoms with Gasteiger partial charge in [-0.25, -0.2) is 0 Å². The lowest BCUT2D eigenvalue weighted by Crippen LogP contribution is -2.24. The number of rotatable bonds is 6. The molecule has 2 nitrogen and oxygen atoms in total. The Kier molecular flexibility index (Phi) is 4.98. The topological polar surface area (TPSA) is 29.1 Å². The van der Waals surface area contributed by atoms with Crippen LogP contribution in [0.2, 0.25) is 0 Å². The van der Waals surface area contributed by atoms with Gasteiger partial charge in [0.05, 0.1) is 0 Å². The molecule has 2 heteroatoms. The second kappa shape index (κ2) is 6.04. The molecule has 17 heavy (non-hydrogen) atoms. The molecular formula is C15H25NO. The summed E-state index contributed by atoms with van der Waals surface area (Å²) in [6.07, 6.45) is 9.32. The third kappa shape index (κ3) is 4.76. The number of nitrogens with one attached hydrogen (secondary N) is 1. The molecule has 2 unspecified atom stereocenters. The van der Waals surface area contributed by atoms with Gasteiger partial charge in [0.15, 0.2) is 0 Å². The van der Waals surface area contributed by atoms with Crippen molar-refractivity contribution in [3.8, 4) is 0 Å². The second-order valence-electron chi connectivity index (χ2n) is 5.62. The number of amides is 1. The standard InChI is InChI=1S/C15H25NO/c1-5-7-14(17)16-11-13-10-15(13,4)9-6-8-12(2)3/h5,7-8,13H,6,9-11H2,1-4H3,(H,16,17). The molecule has 96 valence electrons. The van der Waals surface area contributed by atoms with Crippen LogP contribution >= 0.6 is 0 Å². The van der Waals surface area contributed by atoms with E-state index < -0.39 is 0 Å². The van der Waals surface area contributed by atoms with Crippen LogP contribution in [0.1, 0.15) is 47.0 Å². The van der Waals surface area contributed by atoms with E-state index in [9.17, 15) is 4.79 Å². The summed E-state index contributed by atoms with van der Waals surface area (Å²) < 4.78 is 0. The summed E-state index contributed by atoms with van der Waals surface area (Å²) in [4.78, 5) is 11.3. The van der Waals surface area contributed by atoms with Crippen molar-refractivity contribution >= 4 is 5.91 Å². The van der Waals surface area contributed by atoms with Crippen LogP contribution < -0.4 is 5.32 Å². The predicted octanol–water partition coefficient (Wildman–Crippen LogP) is 3.45. The zero-order valence-electron chi connectivity index (χ0n) is 11.5. The fraction of sp³-hybridized carbons (Fsp3) is 0.667. The Balaban J connectivity index is 2.22. The molecule has 2 atom stereocenters. The van der Waals surface area contributed by atoms with Gasteiger partial charge in [0.2, 0.25) is 5.91 Å². The predicted molar refractivity (Wildman–Crippen MR) is 72.7 cm³/mol. The molecule has 0 saturated heterocycles. The van der Waals surface area contributed by atoms with Crippen LogP contribution in [-0.4, -0.2) is 12.5 Å². The van der Waals surface area contributed by atoms with E-state index in [2.05, 4.69) is 32.2 Å². The van der Waals surface area contributed by atoms with Gasteiger partial charge in [0.25, 0.3) is 0 Å². The summed E-state index contributed by atoms with van der Waals surface area (Å²) in [7, 11) is 0. The van der Waals surface area contributed by atoms with E-state index in [1.165, 1.54) is 18.4 Å². The van der Waals surface area contributed by atoms with E-state index in [1.54, 1.807) is 12.2 Å². The van der Waals surface area contributed by atoms with Crippen LogP contribution in [0.25, 0.3) is 0 Å². The first-order valence-electron chi connectivity index (χ1n) is 6.52. The lowest BCUT2D eigenvalue weighted by atomic mass is 9.99. The van der Waals surface area contributed by atoms with E-state index in [0.717, 1.165) is 13.0 Å². The average Bonchev–Trinajstić information content (AvgIpc) is 2.87. The minimum atomic E-state index is 0.0334. The highest BCUT2D eigenvalue weighted by Gasteiger charge is 2.48. The molecule has 0 radical (unpaired) electrons. The Hall–Kier alpha value is -1.05. The van der Waals surface area contributed by atoms with Crippen molar-refractivity contribution in [2.24, 2.45) is 11.3 Å². The number of carbonyl (C=O) groups excluding carboxylic acids is 1. The summed E-state index contributed by atoms with van der Waals surface area (Å²) in [6, 6.07) is 0. The molecule has 1 amide bonds. The lowest BCUT2D eigenvalue weighted by Gasteiger charge is -2.10. The highest BCUT2D eigenvalue weighted by atomic mass is 16.1. The highest BCUT2D eigenvalue weighted by molar-refractivity contribution is 5.87. The highest BCUT2D eigenvalue weighted by Crippen LogP contribution is 2.55. The molecule has 1 rings (SSSR count). The van der Waals surface area contributed by atoms with Gasteiger partial charge in [-0.2, -0.15) is 0 Å². The zero-order valence-corrected chi connectivity index (χ0v) is 11.5. The molecule has 1 aliphatic rings. The largest absolute Gasteiger partial charge is 0.352 e. The molecule has 1 fully saturated rings. The maximum atomic E-state index is 11.3. The van der Waals surface area contributed by atoms with E-state index in [-0.39, 0.29) is 5.91 Å². The molecular weight excluding hydrogens is 210 g/mol. The van der Waals surface area contributed by atoms with E-state index >= 15 is 0 Å².